The average Bonchev–Trinajstić information content (AvgIpc) is 3.75. The Balaban J connectivity index is 1.49. The molecule has 40 heavy (non-hydrogen) atoms. The molecule has 0 amide bonds. The molecule has 0 saturated heterocycles. The second-order valence-electron chi connectivity index (χ2n) is 10.3. The molecule has 186 valence electrons. The topological polar surface area (TPSA) is 17.8 Å². The van der Waals surface area contributed by atoms with Gasteiger partial charge in [-0.05, 0) is 48.5 Å². The molecule has 10 aromatic rings. The van der Waals surface area contributed by atoms with Gasteiger partial charge in [-0.15, -0.1) is 34.0 Å². The van der Waals surface area contributed by atoms with Gasteiger partial charge in [-0.3, -0.25) is 0 Å². The maximum Gasteiger partial charge on any atom is 0.124 e. The smallest absolute Gasteiger partial charge is 0.124 e. The average molecular weight is 563 g/mol. The molecule has 0 fully saturated rings. The van der Waals surface area contributed by atoms with Crippen LogP contribution in [-0.4, -0.2) is 9.55 Å². The van der Waals surface area contributed by atoms with Gasteiger partial charge >= 0.3 is 0 Å². The lowest BCUT2D eigenvalue weighted by molar-refractivity contribution is 1.20. The summed E-state index contributed by atoms with van der Waals surface area (Å²) in [7, 11) is 0. The number of aromatic nitrogens is 2. The van der Waals surface area contributed by atoms with Crippen molar-refractivity contribution >= 4 is 116 Å². The van der Waals surface area contributed by atoms with Gasteiger partial charge in [-0.25, -0.2) is 4.98 Å². The minimum atomic E-state index is 1.10. The van der Waals surface area contributed by atoms with Crippen LogP contribution in [0.25, 0.3) is 88.1 Å². The molecule has 0 aliphatic carbocycles. The van der Waals surface area contributed by atoms with Crippen LogP contribution in [0.3, 0.4) is 0 Å². The summed E-state index contributed by atoms with van der Waals surface area (Å²) in [6.07, 6.45) is 1.92. The first-order valence-corrected chi connectivity index (χ1v) is 15.8. The molecule has 5 aromatic heterocycles. The highest BCUT2D eigenvalue weighted by Crippen LogP contribution is 2.51. The Morgan fingerprint density at radius 1 is 0.500 bits per heavy atom. The highest BCUT2D eigenvalue weighted by molar-refractivity contribution is 7.29. The van der Waals surface area contributed by atoms with Crippen molar-refractivity contribution in [3.05, 3.63) is 109 Å². The SMILES string of the molecule is c1ccc2c(c1)sc1ccc(-n3c4ccccc4c4c5sc6ncccc6c5c5c6ccccc6sc5c43)cc12. The number of para-hydroxylation sites is 1. The Kier molecular flexibility index (Phi) is 4.13. The molecule has 0 unspecified atom stereocenters. The number of rotatable bonds is 1. The van der Waals surface area contributed by atoms with Crippen LogP contribution in [0.5, 0.6) is 0 Å². The summed E-state index contributed by atoms with van der Waals surface area (Å²) in [6.45, 7) is 0. The number of nitrogens with zero attached hydrogens (tertiary/aromatic N) is 2. The van der Waals surface area contributed by atoms with Crippen molar-refractivity contribution in [2.75, 3.05) is 0 Å². The molecule has 0 N–H and O–H groups in total. The lowest BCUT2D eigenvalue weighted by atomic mass is 10.0. The largest absolute Gasteiger partial charge is 0.308 e. The molecule has 0 spiro atoms. The normalized spacial score (nSPS) is 12.5. The van der Waals surface area contributed by atoms with E-state index < -0.39 is 0 Å². The Hall–Kier alpha value is -4.29. The van der Waals surface area contributed by atoms with Gasteiger partial charge in [0.2, 0.25) is 0 Å². The van der Waals surface area contributed by atoms with Crippen molar-refractivity contribution in [2.24, 2.45) is 0 Å². The van der Waals surface area contributed by atoms with Crippen LogP contribution in [0.4, 0.5) is 0 Å². The predicted octanol–water partition coefficient (Wildman–Crippen LogP) is 11.3. The Morgan fingerprint density at radius 3 is 2.10 bits per heavy atom. The van der Waals surface area contributed by atoms with Crippen molar-refractivity contribution in [3.63, 3.8) is 0 Å². The summed E-state index contributed by atoms with van der Waals surface area (Å²) in [6, 6.07) is 37.9. The fourth-order valence-corrected chi connectivity index (χ4v) is 10.2. The van der Waals surface area contributed by atoms with Gasteiger partial charge in [-0.2, -0.15) is 0 Å². The number of pyridine rings is 1. The highest BCUT2D eigenvalue weighted by Gasteiger charge is 2.24. The monoisotopic (exact) mass is 562 g/mol. The first kappa shape index (κ1) is 21.5. The lowest BCUT2D eigenvalue weighted by Gasteiger charge is -2.10. The van der Waals surface area contributed by atoms with Crippen LogP contribution in [0.15, 0.2) is 109 Å². The molecule has 5 heteroatoms. The van der Waals surface area contributed by atoms with Crippen molar-refractivity contribution in [1.82, 2.24) is 9.55 Å². The maximum absolute atomic E-state index is 4.81. The Labute approximate surface area is 240 Å². The summed E-state index contributed by atoms with van der Waals surface area (Å²) in [4.78, 5) is 5.92. The summed E-state index contributed by atoms with van der Waals surface area (Å²) in [5.74, 6) is 0. The standard InChI is InChI=1S/C35H18N2S3/c1-4-12-25-21(9-1)31-32(37(25)19-15-16-28-24(18-19)20-8-2-5-13-26(20)38-28)34-29(22-10-3-6-14-27(22)39-34)30-23-11-7-17-36-35(23)40-33(30)31/h1-18H. The lowest BCUT2D eigenvalue weighted by Crippen LogP contribution is -1.93. The van der Waals surface area contributed by atoms with Gasteiger partial charge in [0.1, 0.15) is 4.83 Å². The first-order valence-electron chi connectivity index (χ1n) is 13.3. The molecular weight excluding hydrogens is 545 g/mol. The van der Waals surface area contributed by atoms with E-state index in [-0.39, 0.29) is 0 Å². The third kappa shape index (κ3) is 2.65. The molecular formula is C35H18N2S3. The maximum atomic E-state index is 4.81. The Bertz CT molecular complexity index is 2660. The van der Waals surface area contributed by atoms with Gasteiger partial charge in [0.25, 0.3) is 0 Å². The van der Waals surface area contributed by atoms with Gasteiger partial charge in [0.15, 0.2) is 0 Å². The molecule has 5 aromatic carbocycles. The van der Waals surface area contributed by atoms with Gasteiger partial charge < -0.3 is 4.57 Å². The van der Waals surface area contributed by atoms with E-state index in [2.05, 4.69) is 108 Å². The molecule has 0 aliphatic heterocycles. The zero-order chi connectivity index (χ0) is 25.9. The molecule has 0 atom stereocenters. The van der Waals surface area contributed by atoms with Crippen molar-refractivity contribution < 1.29 is 0 Å². The van der Waals surface area contributed by atoms with Crippen LogP contribution >= 0.6 is 34.0 Å². The van der Waals surface area contributed by atoms with Gasteiger partial charge in [-0.1, -0.05) is 54.6 Å². The van der Waals surface area contributed by atoms with Gasteiger partial charge in [0, 0.05) is 73.8 Å². The summed E-state index contributed by atoms with van der Waals surface area (Å²) < 4.78 is 9.19. The van der Waals surface area contributed by atoms with E-state index in [9.17, 15) is 0 Å². The highest BCUT2D eigenvalue weighted by atomic mass is 32.1. The third-order valence-electron chi connectivity index (χ3n) is 8.25. The second-order valence-corrected chi connectivity index (χ2v) is 13.5. The van der Waals surface area contributed by atoms with E-state index in [1.807, 2.05) is 40.2 Å². The summed E-state index contributed by atoms with van der Waals surface area (Å²) in [5.41, 5.74) is 3.75. The molecule has 5 heterocycles. The molecule has 2 nitrogen and oxygen atoms in total. The molecule has 0 saturated carbocycles. The fourth-order valence-electron chi connectivity index (χ4n) is 6.62. The van der Waals surface area contributed by atoms with E-state index in [0.717, 1.165) is 4.83 Å². The van der Waals surface area contributed by atoms with Crippen LogP contribution in [-0.2, 0) is 0 Å². The van der Waals surface area contributed by atoms with E-state index >= 15 is 0 Å². The zero-order valence-electron chi connectivity index (χ0n) is 21.0. The van der Waals surface area contributed by atoms with Crippen LogP contribution in [0, 0.1) is 0 Å². The minimum absolute atomic E-state index is 1.10. The van der Waals surface area contributed by atoms with E-state index in [0.29, 0.717) is 0 Å². The third-order valence-corrected chi connectivity index (χ3v) is 11.7. The van der Waals surface area contributed by atoms with E-state index in [4.69, 9.17) is 4.98 Å². The fraction of sp³-hybridized carbons (Fsp3) is 0. The Morgan fingerprint density at radius 2 is 1.20 bits per heavy atom. The number of fused-ring (bicyclic) bond motifs is 15. The van der Waals surface area contributed by atoms with Gasteiger partial charge in [0.05, 0.1) is 15.7 Å². The summed E-state index contributed by atoms with van der Waals surface area (Å²) >= 11 is 5.62. The van der Waals surface area contributed by atoms with Crippen molar-refractivity contribution in [1.29, 1.82) is 0 Å². The first-order chi connectivity index (χ1) is 19.8. The predicted molar refractivity (Wildman–Crippen MR) is 177 cm³/mol. The number of benzene rings is 5. The molecule has 0 bridgehead atoms. The quantitative estimate of drug-likeness (QED) is 0.195. The van der Waals surface area contributed by atoms with Crippen LogP contribution in [0.1, 0.15) is 0 Å². The minimum Gasteiger partial charge on any atom is -0.308 e. The number of hydrogen-bond acceptors (Lipinski definition) is 4. The van der Waals surface area contributed by atoms with Crippen LogP contribution < -0.4 is 0 Å². The number of thiophene rings is 3. The zero-order valence-corrected chi connectivity index (χ0v) is 23.5. The number of hydrogen-bond donors (Lipinski definition) is 0. The van der Waals surface area contributed by atoms with E-state index in [1.165, 1.54) is 83.3 Å². The van der Waals surface area contributed by atoms with Crippen molar-refractivity contribution in [3.8, 4) is 5.69 Å². The summed E-state index contributed by atoms with van der Waals surface area (Å²) in [5, 5.41) is 10.6. The molecule has 10 rings (SSSR count). The van der Waals surface area contributed by atoms with E-state index in [1.54, 1.807) is 0 Å². The van der Waals surface area contributed by atoms with Crippen LogP contribution in [0.2, 0.25) is 0 Å². The molecule has 0 radical (unpaired) electrons. The molecule has 0 aliphatic rings. The van der Waals surface area contributed by atoms with Crippen molar-refractivity contribution in [2.45, 2.75) is 0 Å². The second kappa shape index (κ2) is 7.67.